The van der Waals surface area contributed by atoms with Crippen molar-refractivity contribution in [3.8, 4) is 0 Å². The first kappa shape index (κ1) is 6.67. The molecule has 0 aliphatic carbocycles. The fraction of sp³-hybridized carbons (Fsp3) is 0.167. The molecule has 1 heterocycles. The number of hydrogen-bond acceptors (Lipinski definition) is 2. The number of carbonyl (C=O) groups is 1. The van der Waals surface area contributed by atoms with Crippen molar-refractivity contribution in [1.82, 2.24) is 5.10 Å². The van der Waals surface area contributed by atoms with E-state index in [1.165, 1.54) is 4.68 Å². The summed E-state index contributed by atoms with van der Waals surface area (Å²) in [6.07, 6.45) is 3.29. The zero-order chi connectivity index (χ0) is 7.40. The maximum Gasteiger partial charge on any atom is 0.285 e. The lowest BCUT2D eigenvalue weighted by molar-refractivity contribution is -0.742. The van der Waals surface area contributed by atoms with Crippen LogP contribution in [0.5, 0.6) is 0 Å². The molecular formula is C6H8N3O+. The van der Waals surface area contributed by atoms with Crippen LogP contribution in [0.25, 0.3) is 0 Å². The van der Waals surface area contributed by atoms with E-state index in [-0.39, 0.29) is 12.5 Å². The maximum absolute atomic E-state index is 10.3. The first-order valence-electron chi connectivity index (χ1n) is 2.88. The molecule has 52 valence electrons. The lowest BCUT2D eigenvalue weighted by Crippen LogP contribution is -2.43. The number of primary amides is 1. The van der Waals surface area contributed by atoms with Crippen molar-refractivity contribution in [1.29, 1.82) is 0 Å². The number of nitrogens with two attached hydrogens (primary N) is 1. The molecule has 0 saturated carbocycles. The minimum Gasteiger partial charge on any atom is -0.364 e. The molecule has 10 heavy (non-hydrogen) atoms. The summed E-state index contributed by atoms with van der Waals surface area (Å²) in [5.41, 5.74) is 4.92. The Hall–Kier alpha value is -1.45. The summed E-state index contributed by atoms with van der Waals surface area (Å²) < 4.78 is 1.47. The van der Waals surface area contributed by atoms with Gasteiger partial charge in [-0.1, -0.05) is 4.68 Å². The Bertz CT molecular complexity index is 222. The Morgan fingerprint density at radius 3 is 2.90 bits per heavy atom. The molecule has 0 unspecified atom stereocenters. The van der Waals surface area contributed by atoms with Crippen LogP contribution >= 0.6 is 0 Å². The van der Waals surface area contributed by atoms with Gasteiger partial charge in [-0.2, -0.15) is 0 Å². The van der Waals surface area contributed by atoms with Crippen molar-refractivity contribution in [2.24, 2.45) is 5.73 Å². The van der Waals surface area contributed by atoms with Gasteiger partial charge in [0.1, 0.15) is 0 Å². The van der Waals surface area contributed by atoms with Gasteiger partial charge in [0.05, 0.1) is 6.20 Å². The summed E-state index contributed by atoms with van der Waals surface area (Å²) in [4.78, 5) is 10.3. The minimum atomic E-state index is -0.385. The zero-order valence-corrected chi connectivity index (χ0v) is 5.40. The highest BCUT2D eigenvalue weighted by Crippen LogP contribution is 1.70. The summed E-state index contributed by atoms with van der Waals surface area (Å²) in [7, 11) is 0. The summed E-state index contributed by atoms with van der Waals surface area (Å²) in [5, 5.41) is 3.83. The second-order valence-corrected chi connectivity index (χ2v) is 1.86. The SMILES string of the molecule is NC(=O)C[n+]1ccccn1. The minimum absolute atomic E-state index is 0.140. The van der Waals surface area contributed by atoms with E-state index in [4.69, 9.17) is 5.73 Å². The molecule has 0 radical (unpaired) electrons. The topological polar surface area (TPSA) is 59.9 Å². The van der Waals surface area contributed by atoms with Gasteiger partial charge in [-0.3, -0.25) is 4.79 Å². The van der Waals surface area contributed by atoms with Crippen LogP contribution in [0.1, 0.15) is 0 Å². The molecule has 4 heteroatoms. The molecule has 0 fully saturated rings. The third-order valence-corrected chi connectivity index (χ3v) is 0.988. The smallest absolute Gasteiger partial charge is 0.285 e. The van der Waals surface area contributed by atoms with Crippen LogP contribution in [0.15, 0.2) is 24.5 Å². The van der Waals surface area contributed by atoms with E-state index < -0.39 is 0 Å². The Morgan fingerprint density at radius 2 is 2.40 bits per heavy atom. The van der Waals surface area contributed by atoms with Gasteiger partial charge < -0.3 is 5.73 Å². The average Bonchev–Trinajstić information content (AvgIpc) is 1.88. The second-order valence-electron chi connectivity index (χ2n) is 1.86. The first-order chi connectivity index (χ1) is 4.79. The van der Waals surface area contributed by atoms with Crippen LogP contribution in [0.4, 0.5) is 0 Å². The van der Waals surface area contributed by atoms with Crippen LogP contribution < -0.4 is 10.4 Å². The van der Waals surface area contributed by atoms with Crippen molar-refractivity contribution in [3.63, 3.8) is 0 Å². The van der Waals surface area contributed by atoms with E-state index in [0.29, 0.717) is 0 Å². The quantitative estimate of drug-likeness (QED) is 0.525. The Morgan fingerprint density at radius 1 is 1.60 bits per heavy atom. The largest absolute Gasteiger partial charge is 0.364 e. The molecule has 4 nitrogen and oxygen atoms in total. The number of aromatic nitrogens is 2. The van der Waals surface area contributed by atoms with E-state index in [2.05, 4.69) is 5.10 Å². The number of carbonyl (C=O) groups excluding carboxylic acids is 1. The van der Waals surface area contributed by atoms with Crippen LogP contribution in [0.3, 0.4) is 0 Å². The number of hydrogen-bond donors (Lipinski definition) is 1. The highest BCUT2D eigenvalue weighted by molar-refractivity contribution is 5.71. The van der Waals surface area contributed by atoms with E-state index in [9.17, 15) is 4.79 Å². The van der Waals surface area contributed by atoms with Crippen molar-refractivity contribution < 1.29 is 9.48 Å². The van der Waals surface area contributed by atoms with Gasteiger partial charge in [-0.25, -0.2) is 0 Å². The second kappa shape index (κ2) is 2.91. The predicted molar refractivity (Wildman–Crippen MR) is 33.6 cm³/mol. The normalized spacial score (nSPS) is 9.20. The fourth-order valence-electron chi connectivity index (χ4n) is 0.615. The maximum atomic E-state index is 10.3. The summed E-state index contributed by atoms with van der Waals surface area (Å²) in [5.74, 6) is -0.385. The molecule has 0 aliphatic heterocycles. The number of amides is 1. The predicted octanol–water partition coefficient (Wildman–Crippen LogP) is -1.15. The third-order valence-electron chi connectivity index (χ3n) is 0.988. The van der Waals surface area contributed by atoms with Crippen LogP contribution in [0, 0.1) is 0 Å². The van der Waals surface area contributed by atoms with Gasteiger partial charge in [0.2, 0.25) is 0 Å². The van der Waals surface area contributed by atoms with Gasteiger partial charge in [0, 0.05) is 6.07 Å². The highest BCUT2D eigenvalue weighted by Gasteiger charge is 2.03. The molecule has 1 rings (SSSR count). The summed E-state index contributed by atoms with van der Waals surface area (Å²) >= 11 is 0. The molecule has 2 N–H and O–H groups in total. The Kier molecular flexibility index (Phi) is 1.94. The Labute approximate surface area is 58.3 Å². The first-order valence-corrected chi connectivity index (χ1v) is 2.88. The zero-order valence-electron chi connectivity index (χ0n) is 5.40. The van der Waals surface area contributed by atoms with Crippen LogP contribution in [-0.4, -0.2) is 11.0 Å². The van der Waals surface area contributed by atoms with Gasteiger partial charge >= 0.3 is 0 Å². The van der Waals surface area contributed by atoms with Crippen LogP contribution in [-0.2, 0) is 11.3 Å². The summed E-state index contributed by atoms with van der Waals surface area (Å²) in [6, 6.07) is 3.56. The molecule has 0 aromatic carbocycles. The fourth-order valence-corrected chi connectivity index (χ4v) is 0.615. The molecule has 1 aromatic rings. The van der Waals surface area contributed by atoms with E-state index in [1.54, 1.807) is 24.5 Å². The molecule has 0 bridgehead atoms. The van der Waals surface area contributed by atoms with E-state index in [0.717, 1.165) is 0 Å². The van der Waals surface area contributed by atoms with Crippen LogP contribution in [0.2, 0.25) is 0 Å². The average molecular weight is 138 g/mol. The molecule has 0 atom stereocenters. The number of nitrogens with zero attached hydrogens (tertiary/aromatic N) is 2. The number of rotatable bonds is 2. The molecule has 1 amide bonds. The lowest BCUT2D eigenvalue weighted by Gasteiger charge is -1.85. The van der Waals surface area contributed by atoms with Gasteiger partial charge in [0.25, 0.3) is 12.5 Å². The van der Waals surface area contributed by atoms with Crippen molar-refractivity contribution >= 4 is 5.91 Å². The van der Waals surface area contributed by atoms with E-state index >= 15 is 0 Å². The van der Waals surface area contributed by atoms with Gasteiger partial charge in [-0.15, -0.1) is 0 Å². The van der Waals surface area contributed by atoms with Crippen molar-refractivity contribution in [2.45, 2.75) is 6.54 Å². The monoisotopic (exact) mass is 138 g/mol. The molecular weight excluding hydrogens is 130 g/mol. The van der Waals surface area contributed by atoms with E-state index in [1.807, 2.05) is 0 Å². The molecule has 0 spiro atoms. The summed E-state index contributed by atoms with van der Waals surface area (Å²) in [6.45, 7) is 0.140. The third kappa shape index (κ3) is 1.81. The van der Waals surface area contributed by atoms with Gasteiger partial charge in [0.15, 0.2) is 6.20 Å². The Balaban J connectivity index is 2.67. The standard InChI is InChI=1S/C6H7N3O/c7-6(10)5-9-4-2-1-3-8-9/h1-4H,5H2,(H-,7,10)/p+1. The molecule has 1 aromatic heterocycles. The van der Waals surface area contributed by atoms with Gasteiger partial charge in [-0.05, 0) is 11.2 Å². The highest BCUT2D eigenvalue weighted by atomic mass is 16.1. The van der Waals surface area contributed by atoms with Crippen molar-refractivity contribution in [2.75, 3.05) is 0 Å². The molecule has 0 saturated heterocycles. The lowest BCUT2D eigenvalue weighted by atomic mass is 10.5. The molecule has 0 aliphatic rings. The van der Waals surface area contributed by atoms with Crippen molar-refractivity contribution in [3.05, 3.63) is 24.5 Å².